The summed E-state index contributed by atoms with van der Waals surface area (Å²) in [7, 11) is 0. The second-order valence-electron chi connectivity index (χ2n) is 4.68. The van der Waals surface area contributed by atoms with Crippen LogP contribution in [0.4, 0.5) is 10.1 Å². The molecule has 1 amide bonds. The average molecular weight is 268 g/mol. The lowest BCUT2D eigenvalue weighted by molar-refractivity contribution is 0.102. The van der Waals surface area contributed by atoms with E-state index in [0.29, 0.717) is 5.56 Å². The van der Waals surface area contributed by atoms with Gasteiger partial charge in [-0.3, -0.25) is 4.79 Å². The number of carbonyl (C=O) groups excluding carboxylic acids is 1. The number of nitrogens with one attached hydrogen (secondary N) is 2. The first-order chi connectivity index (χ1) is 9.65. The lowest BCUT2D eigenvalue weighted by atomic mass is 10.1. The SMILES string of the molecule is Cc1ccc(NC(=O)c2cccc3[nH]ccc23)c(F)c1. The average Bonchev–Trinajstić information content (AvgIpc) is 2.90. The molecular formula is C16H13FN2O. The van der Waals surface area contributed by atoms with Crippen LogP contribution in [0.15, 0.2) is 48.7 Å². The first-order valence-corrected chi connectivity index (χ1v) is 6.29. The van der Waals surface area contributed by atoms with Crippen molar-refractivity contribution < 1.29 is 9.18 Å². The molecule has 2 N–H and O–H groups in total. The van der Waals surface area contributed by atoms with Gasteiger partial charge in [-0.25, -0.2) is 4.39 Å². The second-order valence-corrected chi connectivity index (χ2v) is 4.68. The molecule has 1 heterocycles. The highest BCUT2D eigenvalue weighted by Crippen LogP contribution is 2.20. The Balaban J connectivity index is 1.95. The second kappa shape index (κ2) is 4.81. The number of H-pyrrole nitrogens is 1. The number of amides is 1. The third-order valence-corrected chi connectivity index (χ3v) is 3.21. The quantitative estimate of drug-likeness (QED) is 0.728. The molecule has 100 valence electrons. The molecule has 20 heavy (non-hydrogen) atoms. The topological polar surface area (TPSA) is 44.9 Å². The van der Waals surface area contributed by atoms with Gasteiger partial charge in [0.05, 0.1) is 5.69 Å². The zero-order valence-electron chi connectivity index (χ0n) is 10.9. The molecule has 0 atom stereocenters. The normalized spacial score (nSPS) is 10.7. The van der Waals surface area contributed by atoms with Crippen LogP contribution in [0.25, 0.3) is 10.9 Å². The van der Waals surface area contributed by atoms with Crippen molar-refractivity contribution >= 4 is 22.5 Å². The van der Waals surface area contributed by atoms with Gasteiger partial charge in [-0.2, -0.15) is 0 Å². The number of halogens is 1. The molecule has 0 aliphatic heterocycles. The van der Waals surface area contributed by atoms with E-state index in [0.717, 1.165) is 16.5 Å². The molecule has 0 aliphatic rings. The van der Waals surface area contributed by atoms with Crippen molar-refractivity contribution in [2.75, 3.05) is 5.32 Å². The van der Waals surface area contributed by atoms with E-state index in [-0.39, 0.29) is 11.6 Å². The largest absolute Gasteiger partial charge is 0.361 e. The summed E-state index contributed by atoms with van der Waals surface area (Å²) in [5.41, 5.74) is 2.40. The molecule has 0 saturated carbocycles. The number of aromatic amines is 1. The van der Waals surface area contributed by atoms with Gasteiger partial charge in [0, 0.05) is 22.7 Å². The number of benzene rings is 2. The minimum absolute atomic E-state index is 0.188. The summed E-state index contributed by atoms with van der Waals surface area (Å²) in [4.78, 5) is 15.3. The zero-order valence-corrected chi connectivity index (χ0v) is 10.9. The molecule has 0 saturated heterocycles. The summed E-state index contributed by atoms with van der Waals surface area (Å²) in [6.45, 7) is 1.80. The number of anilines is 1. The van der Waals surface area contributed by atoms with Crippen LogP contribution in [0.5, 0.6) is 0 Å². The summed E-state index contributed by atoms with van der Waals surface area (Å²) in [5.74, 6) is -0.752. The first kappa shape index (κ1) is 12.4. The van der Waals surface area contributed by atoms with E-state index in [1.54, 1.807) is 37.4 Å². The van der Waals surface area contributed by atoms with Crippen LogP contribution in [-0.4, -0.2) is 10.9 Å². The van der Waals surface area contributed by atoms with E-state index < -0.39 is 5.82 Å². The number of aryl methyl sites for hydroxylation is 1. The Morgan fingerprint density at radius 2 is 2.05 bits per heavy atom. The molecule has 0 spiro atoms. The molecule has 3 nitrogen and oxygen atoms in total. The van der Waals surface area contributed by atoms with Crippen molar-refractivity contribution in [1.82, 2.24) is 4.98 Å². The van der Waals surface area contributed by atoms with Gasteiger partial charge in [0.2, 0.25) is 0 Å². The summed E-state index contributed by atoms with van der Waals surface area (Å²) in [6, 6.07) is 12.0. The third kappa shape index (κ3) is 2.16. The van der Waals surface area contributed by atoms with Crippen molar-refractivity contribution in [3.05, 3.63) is 65.6 Å². The van der Waals surface area contributed by atoms with Gasteiger partial charge >= 0.3 is 0 Å². The first-order valence-electron chi connectivity index (χ1n) is 6.29. The molecular weight excluding hydrogens is 255 g/mol. The van der Waals surface area contributed by atoms with E-state index in [1.807, 2.05) is 12.1 Å². The molecule has 0 radical (unpaired) electrons. The minimum Gasteiger partial charge on any atom is -0.361 e. The maximum Gasteiger partial charge on any atom is 0.256 e. The predicted molar refractivity (Wildman–Crippen MR) is 77.4 cm³/mol. The molecule has 2 aromatic carbocycles. The van der Waals surface area contributed by atoms with Crippen molar-refractivity contribution in [2.24, 2.45) is 0 Å². The van der Waals surface area contributed by atoms with Gasteiger partial charge in [-0.15, -0.1) is 0 Å². The van der Waals surface area contributed by atoms with Crippen LogP contribution in [0, 0.1) is 12.7 Å². The van der Waals surface area contributed by atoms with Gasteiger partial charge in [-0.1, -0.05) is 12.1 Å². The van der Waals surface area contributed by atoms with Crippen LogP contribution in [-0.2, 0) is 0 Å². The Morgan fingerprint density at radius 1 is 1.20 bits per heavy atom. The van der Waals surface area contributed by atoms with Gasteiger partial charge in [0.25, 0.3) is 5.91 Å². The summed E-state index contributed by atoms with van der Waals surface area (Å²) < 4.78 is 13.8. The van der Waals surface area contributed by atoms with Gasteiger partial charge in [0.1, 0.15) is 5.82 Å². The maximum atomic E-state index is 13.8. The van der Waals surface area contributed by atoms with Crippen molar-refractivity contribution in [3.8, 4) is 0 Å². The van der Waals surface area contributed by atoms with Gasteiger partial charge < -0.3 is 10.3 Å². The molecule has 0 fully saturated rings. The van der Waals surface area contributed by atoms with Crippen LogP contribution < -0.4 is 5.32 Å². The summed E-state index contributed by atoms with van der Waals surface area (Å²) in [6.07, 6.45) is 1.77. The highest BCUT2D eigenvalue weighted by Gasteiger charge is 2.12. The smallest absolute Gasteiger partial charge is 0.256 e. The highest BCUT2D eigenvalue weighted by molar-refractivity contribution is 6.12. The fourth-order valence-corrected chi connectivity index (χ4v) is 2.19. The lowest BCUT2D eigenvalue weighted by Crippen LogP contribution is -2.13. The molecule has 0 bridgehead atoms. The Hall–Kier alpha value is -2.62. The van der Waals surface area contributed by atoms with Crippen LogP contribution in [0.2, 0.25) is 0 Å². The fourth-order valence-electron chi connectivity index (χ4n) is 2.19. The van der Waals surface area contributed by atoms with Crippen LogP contribution in [0.3, 0.4) is 0 Å². The van der Waals surface area contributed by atoms with Crippen molar-refractivity contribution in [2.45, 2.75) is 6.92 Å². The van der Waals surface area contributed by atoms with E-state index in [1.165, 1.54) is 6.07 Å². The molecule has 3 rings (SSSR count). The standard InChI is InChI=1S/C16H13FN2O/c1-10-5-6-15(13(17)9-10)19-16(20)12-3-2-4-14-11(12)7-8-18-14/h2-9,18H,1H3,(H,19,20). The predicted octanol–water partition coefficient (Wildman–Crippen LogP) is 3.87. The fraction of sp³-hybridized carbons (Fsp3) is 0.0625. The maximum absolute atomic E-state index is 13.8. The minimum atomic E-state index is -0.431. The van der Waals surface area contributed by atoms with Gasteiger partial charge in [-0.05, 0) is 42.8 Å². The Kier molecular flexibility index (Phi) is 2.99. The molecule has 3 aromatic rings. The van der Waals surface area contributed by atoms with Crippen molar-refractivity contribution in [3.63, 3.8) is 0 Å². The Morgan fingerprint density at radius 3 is 2.85 bits per heavy atom. The van der Waals surface area contributed by atoms with E-state index >= 15 is 0 Å². The summed E-state index contributed by atoms with van der Waals surface area (Å²) in [5, 5.41) is 3.42. The third-order valence-electron chi connectivity index (χ3n) is 3.21. The van der Waals surface area contributed by atoms with Crippen LogP contribution in [0.1, 0.15) is 15.9 Å². The molecule has 4 heteroatoms. The lowest BCUT2D eigenvalue weighted by Gasteiger charge is -2.08. The Bertz CT molecular complexity index is 792. The van der Waals surface area contributed by atoms with E-state index in [2.05, 4.69) is 10.3 Å². The van der Waals surface area contributed by atoms with Crippen LogP contribution >= 0.6 is 0 Å². The van der Waals surface area contributed by atoms with E-state index in [4.69, 9.17) is 0 Å². The molecule has 1 aromatic heterocycles. The number of carbonyl (C=O) groups is 1. The monoisotopic (exact) mass is 268 g/mol. The molecule has 0 aliphatic carbocycles. The number of hydrogen-bond donors (Lipinski definition) is 2. The van der Waals surface area contributed by atoms with Crippen molar-refractivity contribution in [1.29, 1.82) is 0 Å². The summed E-state index contributed by atoms with van der Waals surface area (Å²) >= 11 is 0. The highest BCUT2D eigenvalue weighted by atomic mass is 19.1. The zero-order chi connectivity index (χ0) is 14.1. The molecule has 0 unspecified atom stereocenters. The van der Waals surface area contributed by atoms with Gasteiger partial charge in [0.15, 0.2) is 0 Å². The van der Waals surface area contributed by atoms with E-state index in [9.17, 15) is 9.18 Å². The number of hydrogen-bond acceptors (Lipinski definition) is 1. The number of aromatic nitrogens is 1. The number of rotatable bonds is 2. The Labute approximate surface area is 115 Å². The number of fused-ring (bicyclic) bond motifs is 1.